The first-order valence-corrected chi connectivity index (χ1v) is 8.99. The molecule has 1 saturated carbocycles. The molecule has 3 aliphatic rings. The van der Waals surface area contributed by atoms with E-state index in [0.29, 0.717) is 18.7 Å². The summed E-state index contributed by atoms with van der Waals surface area (Å²) in [7, 11) is 0. The summed E-state index contributed by atoms with van der Waals surface area (Å²) in [5.74, 6) is -3.04. The molecule has 1 N–H and O–H groups in total. The van der Waals surface area contributed by atoms with E-state index in [1.807, 2.05) is 18.2 Å². The molecule has 1 spiro atoms. The minimum Gasteiger partial charge on any atom is -0.387 e. The first-order chi connectivity index (χ1) is 12.4. The number of oxime groups is 1. The van der Waals surface area contributed by atoms with E-state index in [1.165, 1.54) is 0 Å². The van der Waals surface area contributed by atoms with Gasteiger partial charge in [0.25, 0.3) is 11.8 Å². The highest BCUT2D eigenvalue weighted by atomic mass is 19.3. The second-order valence-electron chi connectivity index (χ2n) is 7.56. The standard InChI is InChI=1S/C18H22F2N4O2/c19-18(20)8-14(9-18)22-16(25)15-10-17(26-23-15)5-3-7-24(12-17)11-13-4-1-2-6-21-13/h1-2,4,6,14H,3,5,7-12H2,(H,22,25). The van der Waals surface area contributed by atoms with Crippen LogP contribution in [0.5, 0.6) is 0 Å². The number of carbonyl (C=O) groups is 1. The van der Waals surface area contributed by atoms with Gasteiger partial charge in [0, 0.05) is 44.6 Å². The lowest BCUT2D eigenvalue weighted by atomic mass is 9.86. The molecule has 3 heterocycles. The molecule has 2 fully saturated rings. The van der Waals surface area contributed by atoms with E-state index >= 15 is 0 Å². The molecule has 0 radical (unpaired) electrons. The number of likely N-dealkylation sites (tertiary alicyclic amines) is 1. The van der Waals surface area contributed by atoms with E-state index in [1.54, 1.807) is 6.20 Å². The van der Waals surface area contributed by atoms with Crippen LogP contribution < -0.4 is 5.32 Å². The van der Waals surface area contributed by atoms with Gasteiger partial charge in [-0.2, -0.15) is 0 Å². The number of nitrogens with zero attached hydrogens (tertiary/aromatic N) is 3. The lowest BCUT2D eigenvalue weighted by molar-refractivity contribution is -0.123. The van der Waals surface area contributed by atoms with Crippen molar-refractivity contribution in [3.63, 3.8) is 0 Å². The second-order valence-corrected chi connectivity index (χ2v) is 7.56. The van der Waals surface area contributed by atoms with E-state index < -0.39 is 17.6 Å². The number of amides is 1. The summed E-state index contributed by atoms with van der Waals surface area (Å²) in [4.78, 5) is 24.6. The summed E-state index contributed by atoms with van der Waals surface area (Å²) in [5, 5.41) is 6.61. The number of alkyl halides is 2. The normalized spacial score (nSPS) is 28.3. The second kappa shape index (κ2) is 6.57. The number of halogens is 2. The fraction of sp³-hybridized carbons (Fsp3) is 0.611. The highest BCUT2D eigenvalue weighted by Gasteiger charge is 2.48. The molecular weight excluding hydrogens is 342 g/mol. The van der Waals surface area contributed by atoms with Gasteiger partial charge in [-0.3, -0.25) is 14.7 Å². The summed E-state index contributed by atoms with van der Waals surface area (Å²) in [6.07, 6.45) is 3.38. The van der Waals surface area contributed by atoms with Crippen molar-refractivity contribution in [2.45, 2.75) is 56.2 Å². The zero-order valence-electron chi connectivity index (χ0n) is 14.5. The number of carbonyl (C=O) groups excluding carboxylic acids is 1. The van der Waals surface area contributed by atoms with Crippen molar-refractivity contribution in [3.8, 4) is 0 Å². The number of hydrogen-bond acceptors (Lipinski definition) is 5. The lowest BCUT2D eigenvalue weighted by Crippen LogP contribution is -2.53. The van der Waals surface area contributed by atoms with Crippen molar-refractivity contribution < 1.29 is 18.4 Å². The first kappa shape index (κ1) is 17.3. The summed E-state index contributed by atoms with van der Waals surface area (Å²) < 4.78 is 25.8. The Hall–Kier alpha value is -2.09. The van der Waals surface area contributed by atoms with Gasteiger partial charge in [-0.1, -0.05) is 11.2 Å². The molecule has 0 aromatic carbocycles. The molecule has 0 bridgehead atoms. The quantitative estimate of drug-likeness (QED) is 0.889. The van der Waals surface area contributed by atoms with Gasteiger partial charge in [-0.15, -0.1) is 0 Å². The van der Waals surface area contributed by atoms with Crippen molar-refractivity contribution in [2.75, 3.05) is 13.1 Å². The number of hydrogen-bond donors (Lipinski definition) is 1. The molecule has 1 aromatic heterocycles. The molecule has 1 aliphatic carbocycles. The highest BCUT2D eigenvalue weighted by Crippen LogP contribution is 2.38. The zero-order chi connectivity index (χ0) is 18.2. The van der Waals surface area contributed by atoms with Crippen LogP contribution in [0.3, 0.4) is 0 Å². The smallest absolute Gasteiger partial charge is 0.269 e. The molecule has 140 valence electrons. The molecule has 1 atom stereocenters. The van der Waals surface area contributed by atoms with Crippen LogP contribution >= 0.6 is 0 Å². The lowest BCUT2D eigenvalue weighted by Gasteiger charge is -2.38. The van der Waals surface area contributed by atoms with Gasteiger partial charge in [0.2, 0.25) is 0 Å². The topological polar surface area (TPSA) is 66.8 Å². The van der Waals surface area contributed by atoms with Crippen LogP contribution in [0.1, 0.15) is 37.8 Å². The van der Waals surface area contributed by atoms with E-state index in [9.17, 15) is 13.6 Å². The van der Waals surface area contributed by atoms with Crippen molar-refractivity contribution in [1.29, 1.82) is 0 Å². The van der Waals surface area contributed by atoms with Gasteiger partial charge in [0.1, 0.15) is 5.71 Å². The highest BCUT2D eigenvalue weighted by molar-refractivity contribution is 6.39. The summed E-state index contributed by atoms with van der Waals surface area (Å²) >= 11 is 0. The third-order valence-corrected chi connectivity index (χ3v) is 5.26. The number of piperidine rings is 1. The van der Waals surface area contributed by atoms with Crippen molar-refractivity contribution in [1.82, 2.24) is 15.2 Å². The molecular formula is C18H22F2N4O2. The van der Waals surface area contributed by atoms with Gasteiger partial charge in [0.15, 0.2) is 5.60 Å². The minimum atomic E-state index is -2.65. The molecule has 6 nitrogen and oxygen atoms in total. The number of aromatic nitrogens is 1. The Morgan fingerprint density at radius 1 is 1.38 bits per heavy atom. The van der Waals surface area contributed by atoms with Crippen LogP contribution in [-0.4, -0.2) is 52.2 Å². The Morgan fingerprint density at radius 3 is 2.96 bits per heavy atom. The number of nitrogens with one attached hydrogen (secondary N) is 1. The van der Waals surface area contributed by atoms with Crippen LogP contribution in [0.4, 0.5) is 8.78 Å². The molecule has 1 unspecified atom stereocenters. The van der Waals surface area contributed by atoms with Crippen LogP contribution in [0.25, 0.3) is 0 Å². The molecule has 2 aliphatic heterocycles. The molecule has 1 aromatic rings. The van der Waals surface area contributed by atoms with E-state index in [0.717, 1.165) is 31.6 Å². The Balaban J connectivity index is 1.32. The molecule has 1 saturated heterocycles. The third kappa shape index (κ3) is 3.70. The van der Waals surface area contributed by atoms with E-state index in [-0.39, 0.29) is 18.7 Å². The van der Waals surface area contributed by atoms with Crippen LogP contribution in [0, 0.1) is 0 Å². The average molecular weight is 364 g/mol. The van der Waals surface area contributed by atoms with Gasteiger partial charge >= 0.3 is 0 Å². The Labute approximate surface area is 150 Å². The summed E-state index contributed by atoms with van der Waals surface area (Å²) in [6.45, 7) is 2.34. The molecule has 1 amide bonds. The maximum Gasteiger partial charge on any atom is 0.269 e. The fourth-order valence-electron chi connectivity index (χ4n) is 3.94. The Bertz CT molecular complexity index is 704. The van der Waals surface area contributed by atoms with Crippen LogP contribution in [0.2, 0.25) is 0 Å². The largest absolute Gasteiger partial charge is 0.387 e. The molecule has 4 rings (SSSR count). The Kier molecular flexibility index (Phi) is 4.38. The number of rotatable bonds is 4. The number of pyridine rings is 1. The van der Waals surface area contributed by atoms with Crippen molar-refractivity contribution in [2.24, 2.45) is 5.16 Å². The van der Waals surface area contributed by atoms with Crippen molar-refractivity contribution >= 4 is 11.6 Å². The SMILES string of the molecule is O=C(NC1CC(F)(F)C1)C1=NOC2(CCCN(Cc3ccccn3)C2)C1. The maximum absolute atomic E-state index is 12.9. The van der Waals surface area contributed by atoms with Crippen molar-refractivity contribution in [3.05, 3.63) is 30.1 Å². The van der Waals surface area contributed by atoms with E-state index in [2.05, 4.69) is 20.4 Å². The van der Waals surface area contributed by atoms with Gasteiger partial charge in [0.05, 0.1) is 5.69 Å². The van der Waals surface area contributed by atoms with Gasteiger partial charge < -0.3 is 10.2 Å². The predicted molar refractivity (Wildman–Crippen MR) is 90.7 cm³/mol. The van der Waals surface area contributed by atoms with Crippen LogP contribution in [-0.2, 0) is 16.2 Å². The zero-order valence-corrected chi connectivity index (χ0v) is 14.5. The summed E-state index contributed by atoms with van der Waals surface area (Å²) in [5.41, 5.74) is 0.802. The Morgan fingerprint density at radius 2 is 2.23 bits per heavy atom. The molecule has 8 heteroatoms. The maximum atomic E-state index is 12.9. The average Bonchev–Trinajstić information content (AvgIpc) is 2.97. The minimum absolute atomic E-state index is 0.296. The third-order valence-electron chi connectivity index (χ3n) is 5.26. The summed E-state index contributed by atoms with van der Waals surface area (Å²) in [6, 6.07) is 5.37. The van der Waals surface area contributed by atoms with Gasteiger partial charge in [-0.05, 0) is 31.5 Å². The molecule has 26 heavy (non-hydrogen) atoms. The first-order valence-electron chi connectivity index (χ1n) is 8.99. The van der Waals surface area contributed by atoms with Gasteiger partial charge in [-0.25, -0.2) is 8.78 Å². The monoisotopic (exact) mass is 364 g/mol. The fourth-order valence-corrected chi connectivity index (χ4v) is 3.94. The van der Waals surface area contributed by atoms with Crippen LogP contribution in [0.15, 0.2) is 29.6 Å². The predicted octanol–water partition coefficient (Wildman–Crippen LogP) is 2.11. The van der Waals surface area contributed by atoms with E-state index in [4.69, 9.17) is 4.84 Å².